The van der Waals surface area contributed by atoms with E-state index in [2.05, 4.69) is 31.2 Å². The normalized spacial score (nSPS) is 30.6. The van der Waals surface area contributed by atoms with Crippen LogP contribution in [0, 0.1) is 6.92 Å². The molecule has 3 rings (SSSR count). The van der Waals surface area contributed by atoms with E-state index in [1.54, 1.807) is 0 Å². The zero-order valence-electron chi connectivity index (χ0n) is 10.8. The summed E-state index contributed by atoms with van der Waals surface area (Å²) in [6.45, 7) is 2.10. The maximum atomic E-state index is 5.98. The minimum absolute atomic E-state index is 0.283. The Bertz CT molecular complexity index is 452. The molecule has 1 fully saturated rings. The van der Waals surface area contributed by atoms with E-state index < -0.39 is 0 Å². The molecule has 0 aromatic heterocycles. The Balaban J connectivity index is 1.67. The number of nitrogens with two attached hydrogens (primary N) is 1. The fraction of sp³-hybridized carbons (Fsp3) is 0.533. The van der Waals surface area contributed by atoms with Crippen molar-refractivity contribution in [2.45, 2.75) is 50.8 Å². The smallest absolute Gasteiger partial charge is 0.188 e. The number of nitrogens with zero attached hydrogens (tertiary/aromatic N) is 1. The van der Waals surface area contributed by atoms with Gasteiger partial charge in [-0.15, -0.1) is 0 Å². The first-order valence-electron chi connectivity index (χ1n) is 6.75. The van der Waals surface area contributed by atoms with Crippen LogP contribution in [0.4, 0.5) is 0 Å². The highest BCUT2D eigenvalue weighted by molar-refractivity contribution is 5.80. The van der Waals surface area contributed by atoms with Gasteiger partial charge in [-0.1, -0.05) is 29.8 Å². The highest BCUT2D eigenvalue weighted by Crippen LogP contribution is 2.28. The predicted molar refractivity (Wildman–Crippen MR) is 72.8 cm³/mol. The van der Waals surface area contributed by atoms with Crippen molar-refractivity contribution in [3.63, 3.8) is 0 Å². The van der Waals surface area contributed by atoms with Crippen molar-refractivity contribution in [1.29, 1.82) is 0 Å². The molecule has 1 aromatic rings. The van der Waals surface area contributed by atoms with E-state index in [0.29, 0.717) is 12.1 Å². The molecule has 2 aliphatic rings. The van der Waals surface area contributed by atoms with Crippen LogP contribution in [0.2, 0.25) is 0 Å². The van der Waals surface area contributed by atoms with Crippen molar-refractivity contribution in [2.24, 2.45) is 10.7 Å². The Morgan fingerprint density at radius 2 is 2.06 bits per heavy atom. The van der Waals surface area contributed by atoms with Crippen molar-refractivity contribution in [2.75, 3.05) is 0 Å². The molecule has 3 nitrogen and oxygen atoms in total. The monoisotopic (exact) mass is 244 g/mol. The molecule has 1 saturated carbocycles. The van der Waals surface area contributed by atoms with Crippen LogP contribution < -0.4 is 5.73 Å². The van der Waals surface area contributed by atoms with Crippen LogP contribution in [-0.2, 0) is 11.2 Å². The minimum atomic E-state index is 0.283. The number of rotatable bonds is 2. The Labute approximate surface area is 108 Å². The second kappa shape index (κ2) is 4.73. The quantitative estimate of drug-likeness (QED) is 0.867. The molecule has 1 aromatic carbocycles. The molecule has 1 aliphatic carbocycles. The third-order valence-electron chi connectivity index (χ3n) is 3.87. The van der Waals surface area contributed by atoms with E-state index in [4.69, 9.17) is 15.5 Å². The number of aryl methyl sites for hydroxylation is 1. The van der Waals surface area contributed by atoms with Gasteiger partial charge >= 0.3 is 0 Å². The van der Waals surface area contributed by atoms with Crippen LogP contribution in [-0.4, -0.2) is 24.1 Å². The average molecular weight is 244 g/mol. The third-order valence-corrected chi connectivity index (χ3v) is 3.87. The zero-order chi connectivity index (χ0) is 12.5. The molecule has 96 valence electrons. The van der Waals surface area contributed by atoms with Crippen LogP contribution in [0.15, 0.2) is 29.3 Å². The summed E-state index contributed by atoms with van der Waals surface area (Å²) in [4.78, 5) is 4.69. The molecule has 2 N–H and O–H groups in total. The highest BCUT2D eigenvalue weighted by atomic mass is 16.5. The zero-order valence-corrected chi connectivity index (χ0v) is 10.8. The second-order valence-corrected chi connectivity index (χ2v) is 5.48. The number of aliphatic imine (C=N–C) groups is 1. The van der Waals surface area contributed by atoms with E-state index in [9.17, 15) is 0 Å². The van der Waals surface area contributed by atoms with Gasteiger partial charge in [0.2, 0.25) is 0 Å². The predicted octanol–water partition coefficient (Wildman–Crippen LogP) is 2.21. The first kappa shape index (κ1) is 11.7. The van der Waals surface area contributed by atoms with Gasteiger partial charge in [-0.2, -0.15) is 0 Å². The van der Waals surface area contributed by atoms with Gasteiger partial charge in [0.1, 0.15) is 6.10 Å². The Hall–Kier alpha value is -1.35. The van der Waals surface area contributed by atoms with Gasteiger partial charge in [0.25, 0.3) is 0 Å². The summed E-state index contributed by atoms with van der Waals surface area (Å²) in [6.07, 6.45) is 4.18. The maximum absolute atomic E-state index is 5.98. The molecule has 0 bridgehead atoms. The minimum Gasteiger partial charge on any atom is -0.475 e. The molecule has 0 saturated heterocycles. The molecule has 1 aliphatic heterocycles. The molecule has 1 heterocycles. The standard InChI is InChI=1S/C15H20N2O/c1-10-2-4-11(5-3-10)8-15-17-13-9-12(16)6-7-14(13)18-15/h2-5,12-14H,6-9,16H2,1H3. The van der Waals surface area contributed by atoms with E-state index in [-0.39, 0.29) is 6.10 Å². The molecule has 0 radical (unpaired) electrons. The first-order valence-corrected chi connectivity index (χ1v) is 6.75. The summed E-state index contributed by atoms with van der Waals surface area (Å²) in [5.74, 6) is 0.892. The van der Waals surface area contributed by atoms with Gasteiger partial charge in [-0.25, -0.2) is 4.99 Å². The summed E-state index contributed by atoms with van der Waals surface area (Å²) in [5, 5.41) is 0. The van der Waals surface area contributed by atoms with E-state index in [1.165, 1.54) is 11.1 Å². The summed E-state index contributed by atoms with van der Waals surface area (Å²) in [7, 11) is 0. The molecule has 3 atom stereocenters. The van der Waals surface area contributed by atoms with Crippen molar-refractivity contribution in [3.8, 4) is 0 Å². The van der Waals surface area contributed by atoms with Gasteiger partial charge in [0.15, 0.2) is 5.90 Å². The largest absolute Gasteiger partial charge is 0.475 e. The van der Waals surface area contributed by atoms with Crippen molar-refractivity contribution >= 4 is 5.90 Å². The van der Waals surface area contributed by atoms with Crippen molar-refractivity contribution in [3.05, 3.63) is 35.4 Å². The first-order chi connectivity index (χ1) is 8.70. The maximum Gasteiger partial charge on any atom is 0.188 e. The van der Waals surface area contributed by atoms with Crippen LogP contribution >= 0.6 is 0 Å². The fourth-order valence-electron chi connectivity index (χ4n) is 2.78. The van der Waals surface area contributed by atoms with E-state index >= 15 is 0 Å². The van der Waals surface area contributed by atoms with Gasteiger partial charge in [0, 0.05) is 12.5 Å². The molecular weight excluding hydrogens is 224 g/mol. The third kappa shape index (κ3) is 2.41. The number of fused-ring (bicyclic) bond motifs is 1. The molecule has 0 amide bonds. The van der Waals surface area contributed by atoms with E-state index in [0.717, 1.165) is 31.6 Å². The summed E-state index contributed by atoms with van der Waals surface area (Å²) >= 11 is 0. The van der Waals surface area contributed by atoms with E-state index in [1.807, 2.05) is 0 Å². The Morgan fingerprint density at radius 1 is 1.28 bits per heavy atom. The molecule has 0 spiro atoms. The van der Waals surface area contributed by atoms with Crippen LogP contribution in [0.5, 0.6) is 0 Å². The average Bonchev–Trinajstić information content (AvgIpc) is 2.73. The molecule has 3 heteroatoms. The lowest BCUT2D eigenvalue weighted by Gasteiger charge is -2.26. The number of benzene rings is 1. The summed E-state index contributed by atoms with van der Waals surface area (Å²) < 4.78 is 5.94. The highest BCUT2D eigenvalue weighted by Gasteiger charge is 2.35. The van der Waals surface area contributed by atoms with Crippen LogP contribution in [0.1, 0.15) is 30.4 Å². The molecule has 18 heavy (non-hydrogen) atoms. The Morgan fingerprint density at radius 3 is 2.83 bits per heavy atom. The van der Waals surface area contributed by atoms with Crippen molar-refractivity contribution < 1.29 is 4.74 Å². The number of hydrogen-bond acceptors (Lipinski definition) is 3. The lowest BCUT2D eigenvalue weighted by Crippen LogP contribution is -2.37. The van der Waals surface area contributed by atoms with Gasteiger partial charge in [-0.3, -0.25) is 0 Å². The summed E-state index contributed by atoms with van der Waals surface area (Å²) in [5.41, 5.74) is 8.53. The Kier molecular flexibility index (Phi) is 3.08. The topological polar surface area (TPSA) is 47.6 Å². The van der Waals surface area contributed by atoms with Gasteiger partial charge in [-0.05, 0) is 31.7 Å². The van der Waals surface area contributed by atoms with Gasteiger partial charge in [0.05, 0.1) is 6.04 Å². The van der Waals surface area contributed by atoms with Crippen LogP contribution in [0.25, 0.3) is 0 Å². The van der Waals surface area contributed by atoms with Crippen molar-refractivity contribution in [1.82, 2.24) is 0 Å². The lowest BCUT2D eigenvalue weighted by atomic mass is 9.90. The molecule has 3 unspecified atom stereocenters. The van der Waals surface area contributed by atoms with Crippen LogP contribution in [0.3, 0.4) is 0 Å². The second-order valence-electron chi connectivity index (χ2n) is 5.48. The SMILES string of the molecule is Cc1ccc(CC2=NC3CC(N)CCC3O2)cc1. The lowest BCUT2D eigenvalue weighted by molar-refractivity contribution is 0.142. The summed E-state index contributed by atoms with van der Waals surface area (Å²) in [6, 6.07) is 9.16. The molecular formula is C15H20N2O. The number of hydrogen-bond donors (Lipinski definition) is 1. The van der Waals surface area contributed by atoms with Gasteiger partial charge < -0.3 is 10.5 Å². The fourth-order valence-corrected chi connectivity index (χ4v) is 2.78. The number of ether oxygens (including phenoxy) is 1.